The number of nitrogens with zero attached hydrogens (tertiary/aromatic N) is 2. The van der Waals surface area contributed by atoms with Crippen molar-refractivity contribution in [2.45, 2.75) is 26.3 Å². The zero-order valence-corrected chi connectivity index (χ0v) is 11.3. The Labute approximate surface area is 112 Å². The Morgan fingerprint density at radius 1 is 1.28 bits per heavy atom. The van der Waals surface area contributed by atoms with E-state index < -0.39 is 0 Å². The molecule has 0 amide bonds. The van der Waals surface area contributed by atoms with Gasteiger partial charge in [-0.2, -0.15) is 5.10 Å². The average molecular weight is 265 g/mol. The fourth-order valence-corrected chi connectivity index (χ4v) is 1.87. The summed E-state index contributed by atoms with van der Waals surface area (Å²) in [5.41, 5.74) is 7.08. The molecule has 1 aromatic carbocycles. The summed E-state index contributed by atoms with van der Waals surface area (Å²) in [6.07, 6.45) is 0.875. The second-order valence-corrected chi connectivity index (χ2v) is 5.20. The number of hydrogen-bond donors (Lipinski definition) is 2. The highest BCUT2D eigenvalue weighted by molar-refractivity contribution is 6.30. The van der Waals surface area contributed by atoms with Gasteiger partial charge in [0.1, 0.15) is 5.82 Å². The lowest BCUT2D eigenvalue weighted by Crippen LogP contribution is -2.13. The van der Waals surface area contributed by atoms with Crippen molar-refractivity contribution in [3.8, 4) is 0 Å². The van der Waals surface area contributed by atoms with Crippen LogP contribution in [0.15, 0.2) is 24.3 Å². The molecule has 18 heavy (non-hydrogen) atoms. The van der Waals surface area contributed by atoms with Gasteiger partial charge in [-0.15, -0.1) is 0 Å². The van der Waals surface area contributed by atoms with Crippen molar-refractivity contribution in [1.82, 2.24) is 15.2 Å². The molecule has 0 radical (unpaired) electrons. The summed E-state index contributed by atoms with van der Waals surface area (Å²) >= 11 is 5.85. The largest absolute Gasteiger partial charge is 0.318 e. The normalized spacial score (nSPS) is 12.9. The smallest absolute Gasteiger partial charge is 0.171 e. The Morgan fingerprint density at radius 3 is 2.56 bits per heavy atom. The highest BCUT2D eigenvalue weighted by atomic mass is 35.5. The molecule has 0 spiro atoms. The zero-order valence-electron chi connectivity index (χ0n) is 10.5. The van der Waals surface area contributed by atoms with Crippen molar-refractivity contribution in [1.29, 1.82) is 0 Å². The summed E-state index contributed by atoms with van der Waals surface area (Å²) in [5.74, 6) is 2.04. The first-order chi connectivity index (χ1) is 8.56. The molecule has 0 saturated heterocycles. The third kappa shape index (κ3) is 3.09. The summed E-state index contributed by atoms with van der Waals surface area (Å²) in [5, 5.41) is 7.80. The molecule has 4 nitrogen and oxygen atoms in total. The van der Waals surface area contributed by atoms with Crippen LogP contribution in [0.3, 0.4) is 0 Å². The fourth-order valence-electron chi connectivity index (χ4n) is 1.75. The molecule has 2 aromatic rings. The van der Waals surface area contributed by atoms with Crippen LogP contribution in [0, 0.1) is 5.92 Å². The first kappa shape index (κ1) is 13.1. The predicted molar refractivity (Wildman–Crippen MR) is 72.4 cm³/mol. The van der Waals surface area contributed by atoms with Gasteiger partial charge in [0, 0.05) is 11.4 Å². The SMILES string of the molecule is CC(C)Cc1nc([C@@H](N)c2ccc(Cl)cc2)n[nH]1. The topological polar surface area (TPSA) is 67.6 Å². The molecule has 1 atom stereocenters. The van der Waals surface area contributed by atoms with Crippen LogP contribution in [0.1, 0.15) is 37.1 Å². The van der Waals surface area contributed by atoms with Gasteiger partial charge in [0.25, 0.3) is 0 Å². The Bertz CT molecular complexity index is 504. The number of nitrogens with two attached hydrogens (primary N) is 1. The Hall–Kier alpha value is -1.39. The molecular weight excluding hydrogens is 248 g/mol. The van der Waals surface area contributed by atoms with E-state index in [2.05, 4.69) is 29.0 Å². The van der Waals surface area contributed by atoms with Gasteiger partial charge in [0.2, 0.25) is 0 Å². The van der Waals surface area contributed by atoms with Gasteiger partial charge in [-0.3, -0.25) is 5.10 Å². The van der Waals surface area contributed by atoms with E-state index in [-0.39, 0.29) is 6.04 Å². The number of benzene rings is 1. The van der Waals surface area contributed by atoms with E-state index in [1.54, 1.807) is 0 Å². The molecule has 2 rings (SSSR count). The molecule has 1 heterocycles. The summed E-state index contributed by atoms with van der Waals surface area (Å²) in [6, 6.07) is 7.10. The number of nitrogens with one attached hydrogen (secondary N) is 1. The molecule has 5 heteroatoms. The minimum absolute atomic E-state index is 0.320. The monoisotopic (exact) mass is 264 g/mol. The molecule has 3 N–H and O–H groups in total. The quantitative estimate of drug-likeness (QED) is 0.892. The minimum atomic E-state index is -0.320. The van der Waals surface area contributed by atoms with E-state index in [9.17, 15) is 0 Å². The molecule has 0 aliphatic heterocycles. The van der Waals surface area contributed by atoms with Crippen LogP contribution in [-0.4, -0.2) is 15.2 Å². The summed E-state index contributed by atoms with van der Waals surface area (Å²) in [7, 11) is 0. The van der Waals surface area contributed by atoms with E-state index in [1.807, 2.05) is 24.3 Å². The maximum atomic E-state index is 6.12. The van der Waals surface area contributed by atoms with Crippen LogP contribution >= 0.6 is 11.6 Å². The lowest BCUT2D eigenvalue weighted by molar-refractivity contribution is 0.622. The first-order valence-corrected chi connectivity index (χ1v) is 6.36. The molecular formula is C13H17ClN4. The van der Waals surface area contributed by atoms with Crippen molar-refractivity contribution >= 4 is 11.6 Å². The molecule has 0 saturated carbocycles. The van der Waals surface area contributed by atoms with E-state index in [0.717, 1.165) is 17.8 Å². The number of aromatic nitrogens is 3. The number of aromatic amines is 1. The van der Waals surface area contributed by atoms with E-state index in [4.69, 9.17) is 17.3 Å². The number of H-pyrrole nitrogens is 1. The zero-order chi connectivity index (χ0) is 13.1. The van der Waals surface area contributed by atoms with Crippen LogP contribution in [0.2, 0.25) is 5.02 Å². The molecule has 0 unspecified atom stereocenters. The highest BCUT2D eigenvalue weighted by Gasteiger charge is 2.14. The van der Waals surface area contributed by atoms with E-state index >= 15 is 0 Å². The van der Waals surface area contributed by atoms with E-state index in [1.165, 1.54) is 0 Å². The third-order valence-electron chi connectivity index (χ3n) is 2.66. The lowest BCUT2D eigenvalue weighted by Gasteiger charge is -2.07. The highest BCUT2D eigenvalue weighted by Crippen LogP contribution is 2.19. The molecule has 96 valence electrons. The van der Waals surface area contributed by atoms with Crippen molar-refractivity contribution in [2.75, 3.05) is 0 Å². The number of rotatable bonds is 4. The lowest BCUT2D eigenvalue weighted by atomic mass is 10.1. The van der Waals surface area contributed by atoms with Gasteiger partial charge in [-0.1, -0.05) is 37.6 Å². The van der Waals surface area contributed by atoms with Gasteiger partial charge in [-0.05, 0) is 23.6 Å². The standard InChI is InChI=1S/C13H17ClN4/c1-8(2)7-11-16-13(18-17-11)12(15)9-3-5-10(14)6-4-9/h3-6,8,12H,7,15H2,1-2H3,(H,16,17,18)/t12-/m0/s1. The fraction of sp³-hybridized carbons (Fsp3) is 0.385. The average Bonchev–Trinajstić information content (AvgIpc) is 2.76. The van der Waals surface area contributed by atoms with Crippen LogP contribution in [0.4, 0.5) is 0 Å². The predicted octanol–water partition coefficient (Wildman–Crippen LogP) is 2.70. The molecule has 1 aromatic heterocycles. The van der Waals surface area contributed by atoms with Gasteiger partial charge in [0.05, 0.1) is 6.04 Å². The maximum absolute atomic E-state index is 6.12. The Balaban J connectivity index is 2.15. The van der Waals surface area contributed by atoms with Gasteiger partial charge in [-0.25, -0.2) is 4.98 Å². The van der Waals surface area contributed by atoms with Crippen LogP contribution in [-0.2, 0) is 6.42 Å². The third-order valence-corrected chi connectivity index (χ3v) is 2.91. The van der Waals surface area contributed by atoms with Crippen LogP contribution < -0.4 is 5.73 Å². The van der Waals surface area contributed by atoms with Crippen molar-refractivity contribution in [3.63, 3.8) is 0 Å². The summed E-state index contributed by atoms with van der Waals surface area (Å²) in [4.78, 5) is 4.42. The van der Waals surface area contributed by atoms with Crippen molar-refractivity contribution in [2.24, 2.45) is 11.7 Å². The maximum Gasteiger partial charge on any atom is 0.171 e. The number of halogens is 1. The van der Waals surface area contributed by atoms with Crippen LogP contribution in [0.5, 0.6) is 0 Å². The molecule has 0 fully saturated rings. The van der Waals surface area contributed by atoms with Crippen LogP contribution in [0.25, 0.3) is 0 Å². The summed E-state index contributed by atoms with van der Waals surface area (Å²) in [6.45, 7) is 4.28. The van der Waals surface area contributed by atoms with Crippen molar-refractivity contribution < 1.29 is 0 Å². The first-order valence-electron chi connectivity index (χ1n) is 5.98. The van der Waals surface area contributed by atoms with Gasteiger partial charge >= 0.3 is 0 Å². The molecule has 0 aliphatic rings. The molecule has 0 aliphatic carbocycles. The second-order valence-electron chi connectivity index (χ2n) is 4.77. The van der Waals surface area contributed by atoms with Crippen molar-refractivity contribution in [3.05, 3.63) is 46.5 Å². The summed E-state index contributed by atoms with van der Waals surface area (Å²) < 4.78 is 0. The Kier molecular flexibility index (Phi) is 3.99. The van der Waals surface area contributed by atoms with E-state index in [0.29, 0.717) is 16.8 Å². The number of hydrogen-bond acceptors (Lipinski definition) is 3. The van der Waals surface area contributed by atoms with Gasteiger partial charge < -0.3 is 5.73 Å². The molecule has 0 bridgehead atoms. The second kappa shape index (κ2) is 5.50. The van der Waals surface area contributed by atoms with Gasteiger partial charge in [0.15, 0.2) is 5.82 Å². The Morgan fingerprint density at radius 2 is 1.94 bits per heavy atom. The minimum Gasteiger partial charge on any atom is -0.318 e.